The first-order valence-corrected chi connectivity index (χ1v) is 8.31. The minimum Gasteiger partial charge on any atom is -0.268 e. The van der Waals surface area contributed by atoms with Crippen molar-refractivity contribution < 1.29 is 14.5 Å². The van der Waals surface area contributed by atoms with Crippen molar-refractivity contribution in [2.24, 2.45) is 0 Å². The average molecular weight is 354 g/mol. The lowest BCUT2D eigenvalue weighted by Gasteiger charge is -2.12. The molecule has 6 nitrogen and oxygen atoms in total. The van der Waals surface area contributed by atoms with Crippen LogP contribution in [0.2, 0.25) is 0 Å². The van der Waals surface area contributed by atoms with Crippen LogP contribution in [0.1, 0.15) is 16.7 Å². The van der Waals surface area contributed by atoms with Gasteiger partial charge in [0.1, 0.15) is 0 Å². The monoisotopic (exact) mass is 354 g/mol. The van der Waals surface area contributed by atoms with Gasteiger partial charge in [-0.2, -0.15) is 0 Å². The van der Waals surface area contributed by atoms with Gasteiger partial charge in [0.25, 0.3) is 16.8 Å². The van der Waals surface area contributed by atoms with Crippen LogP contribution in [0.5, 0.6) is 0 Å². The fourth-order valence-electron chi connectivity index (χ4n) is 2.51. The summed E-state index contributed by atoms with van der Waals surface area (Å²) in [6.07, 6.45) is 1.51. The first-order chi connectivity index (χ1) is 11.9. The summed E-state index contributed by atoms with van der Waals surface area (Å²) in [5.41, 5.74) is 2.37. The summed E-state index contributed by atoms with van der Waals surface area (Å²) in [5, 5.41) is 10.5. The first-order valence-electron chi connectivity index (χ1n) is 7.49. The molecule has 0 saturated carbocycles. The normalized spacial score (nSPS) is 15.9. The maximum absolute atomic E-state index is 12.5. The van der Waals surface area contributed by atoms with E-state index in [1.54, 1.807) is 12.1 Å². The number of non-ortho nitro benzene ring substituents is 1. The van der Waals surface area contributed by atoms with Crippen molar-refractivity contribution in [1.29, 1.82) is 0 Å². The number of hydrogen-bond donors (Lipinski definition) is 0. The number of nitro benzene ring substituents is 1. The van der Waals surface area contributed by atoms with Gasteiger partial charge in [-0.1, -0.05) is 42.0 Å². The number of carbonyl (C=O) groups is 2. The maximum Gasteiger partial charge on any atom is 0.293 e. The van der Waals surface area contributed by atoms with Crippen LogP contribution >= 0.6 is 11.8 Å². The standard InChI is InChI=1S/C18H14N2O4S/c1-12-4-2-6-14(8-12)11-19-17(21)16(25-18(19)22)10-13-5-3-7-15(9-13)20(23)24/h2-10H,11H2,1H3/b16-10-. The Bertz CT molecular complexity index is 907. The van der Waals surface area contributed by atoms with Crippen molar-refractivity contribution in [2.45, 2.75) is 13.5 Å². The number of nitro groups is 1. The fourth-order valence-corrected chi connectivity index (χ4v) is 3.35. The Labute approximate surface area is 148 Å². The number of aryl methyl sites for hydroxylation is 1. The van der Waals surface area contributed by atoms with E-state index in [2.05, 4.69) is 0 Å². The zero-order chi connectivity index (χ0) is 18.0. The second kappa shape index (κ2) is 6.90. The van der Waals surface area contributed by atoms with E-state index in [0.29, 0.717) is 5.56 Å². The number of imide groups is 1. The van der Waals surface area contributed by atoms with Crippen LogP contribution in [0, 0.1) is 17.0 Å². The topological polar surface area (TPSA) is 80.5 Å². The molecule has 7 heteroatoms. The van der Waals surface area contributed by atoms with Crippen LogP contribution in [0.3, 0.4) is 0 Å². The van der Waals surface area contributed by atoms with Gasteiger partial charge in [0.15, 0.2) is 0 Å². The van der Waals surface area contributed by atoms with Crippen molar-refractivity contribution >= 4 is 34.7 Å². The number of carbonyl (C=O) groups excluding carboxylic acids is 2. The van der Waals surface area contributed by atoms with E-state index in [1.807, 2.05) is 31.2 Å². The minimum absolute atomic E-state index is 0.0623. The van der Waals surface area contributed by atoms with Crippen LogP contribution in [-0.4, -0.2) is 21.0 Å². The Morgan fingerprint density at radius 1 is 1.16 bits per heavy atom. The van der Waals surface area contributed by atoms with Crippen molar-refractivity contribution in [3.63, 3.8) is 0 Å². The zero-order valence-electron chi connectivity index (χ0n) is 13.3. The van der Waals surface area contributed by atoms with Crippen LogP contribution in [0.25, 0.3) is 6.08 Å². The molecule has 0 radical (unpaired) electrons. The van der Waals surface area contributed by atoms with E-state index in [4.69, 9.17) is 0 Å². The highest BCUT2D eigenvalue weighted by atomic mass is 32.2. The molecule has 0 spiro atoms. The van der Waals surface area contributed by atoms with Gasteiger partial charge in [0.05, 0.1) is 16.4 Å². The Hall–Kier alpha value is -2.93. The van der Waals surface area contributed by atoms with Crippen molar-refractivity contribution in [3.05, 3.63) is 80.2 Å². The van der Waals surface area contributed by atoms with Crippen LogP contribution < -0.4 is 0 Å². The van der Waals surface area contributed by atoms with Crippen LogP contribution in [-0.2, 0) is 11.3 Å². The molecule has 1 aliphatic heterocycles. The Morgan fingerprint density at radius 3 is 2.64 bits per heavy atom. The second-order valence-electron chi connectivity index (χ2n) is 5.61. The van der Waals surface area contributed by atoms with Gasteiger partial charge in [-0.15, -0.1) is 0 Å². The molecular weight excluding hydrogens is 340 g/mol. The molecular formula is C18H14N2O4S. The summed E-state index contributed by atoms with van der Waals surface area (Å²) in [6.45, 7) is 2.15. The van der Waals surface area contributed by atoms with Crippen LogP contribution in [0.4, 0.5) is 10.5 Å². The lowest BCUT2D eigenvalue weighted by atomic mass is 10.1. The largest absolute Gasteiger partial charge is 0.293 e. The molecule has 2 aromatic carbocycles. The molecule has 1 saturated heterocycles. The molecule has 2 amide bonds. The van der Waals surface area contributed by atoms with Gasteiger partial charge < -0.3 is 0 Å². The third-order valence-electron chi connectivity index (χ3n) is 3.68. The van der Waals surface area contributed by atoms with Gasteiger partial charge >= 0.3 is 0 Å². The number of thioether (sulfide) groups is 1. The molecule has 0 bridgehead atoms. The molecule has 1 fully saturated rings. The molecule has 0 N–H and O–H groups in total. The number of nitrogens with zero attached hydrogens (tertiary/aromatic N) is 2. The Kier molecular flexibility index (Phi) is 4.67. The van der Waals surface area contributed by atoms with E-state index in [0.717, 1.165) is 22.9 Å². The molecule has 0 aromatic heterocycles. The highest BCUT2D eigenvalue weighted by Crippen LogP contribution is 2.33. The Balaban J connectivity index is 1.83. The quantitative estimate of drug-likeness (QED) is 0.468. The lowest BCUT2D eigenvalue weighted by Crippen LogP contribution is -2.27. The second-order valence-corrected chi connectivity index (χ2v) is 6.60. The summed E-state index contributed by atoms with van der Waals surface area (Å²) >= 11 is 0.843. The summed E-state index contributed by atoms with van der Waals surface area (Å²) in [7, 11) is 0. The average Bonchev–Trinajstić information content (AvgIpc) is 2.83. The Morgan fingerprint density at radius 2 is 1.92 bits per heavy atom. The third-order valence-corrected chi connectivity index (χ3v) is 4.58. The molecule has 1 aliphatic rings. The van der Waals surface area contributed by atoms with Crippen molar-refractivity contribution in [3.8, 4) is 0 Å². The molecule has 25 heavy (non-hydrogen) atoms. The molecule has 2 aromatic rings. The van der Waals surface area contributed by atoms with Gasteiger partial charge in [-0.3, -0.25) is 24.6 Å². The summed E-state index contributed by atoms with van der Waals surface area (Å²) in [5.74, 6) is -0.386. The number of hydrogen-bond acceptors (Lipinski definition) is 5. The van der Waals surface area contributed by atoms with E-state index >= 15 is 0 Å². The van der Waals surface area contributed by atoms with E-state index in [1.165, 1.54) is 23.1 Å². The molecule has 0 unspecified atom stereocenters. The lowest BCUT2D eigenvalue weighted by molar-refractivity contribution is -0.384. The SMILES string of the molecule is Cc1cccc(CN2C(=O)S/C(=C\c3cccc([N+](=O)[O-])c3)C2=O)c1. The van der Waals surface area contributed by atoms with Gasteiger partial charge in [-0.25, -0.2) is 0 Å². The number of benzene rings is 2. The first kappa shape index (κ1) is 16.9. The van der Waals surface area contributed by atoms with Crippen LogP contribution in [0.15, 0.2) is 53.4 Å². The van der Waals surface area contributed by atoms with Gasteiger partial charge in [-0.05, 0) is 35.9 Å². The van der Waals surface area contributed by atoms with Crippen molar-refractivity contribution in [1.82, 2.24) is 4.90 Å². The highest BCUT2D eigenvalue weighted by molar-refractivity contribution is 8.18. The van der Waals surface area contributed by atoms with Crippen molar-refractivity contribution in [2.75, 3.05) is 0 Å². The predicted molar refractivity (Wildman–Crippen MR) is 95.8 cm³/mol. The van der Waals surface area contributed by atoms with E-state index in [-0.39, 0.29) is 28.3 Å². The summed E-state index contributed by atoms with van der Waals surface area (Å²) in [6, 6.07) is 13.5. The fraction of sp³-hybridized carbons (Fsp3) is 0.111. The number of rotatable bonds is 4. The molecule has 1 heterocycles. The summed E-state index contributed by atoms with van der Waals surface area (Å²) in [4.78, 5) is 36.5. The molecule has 3 rings (SSSR count). The summed E-state index contributed by atoms with van der Waals surface area (Å²) < 4.78 is 0. The molecule has 0 aliphatic carbocycles. The third kappa shape index (κ3) is 3.77. The van der Waals surface area contributed by atoms with Gasteiger partial charge in [0, 0.05) is 12.1 Å². The van der Waals surface area contributed by atoms with Gasteiger partial charge in [0.2, 0.25) is 0 Å². The zero-order valence-corrected chi connectivity index (χ0v) is 14.2. The number of amides is 2. The minimum atomic E-state index is -0.499. The highest BCUT2D eigenvalue weighted by Gasteiger charge is 2.35. The molecule has 0 atom stereocenters. The molecule has 126 valence electrons. The van der Waals surface area contributed by atoms with E-state index in [9.17, 15) is 19.7 Å². The predicted octanol–water partition coefficient (Wildman–Crippen LogP) is 4.14. The van der Waals surface area contributed by atoms with E-state index < -0.39 is 4.92 Å². The smallest absolute Gasteiger partial charge is 0.268 e. The maximum atomic E-state index is 12.5.